The Morgan fingerprint density at radius 2 is 2.15 bits per heavy atom. The Balaban J connectivity index is 1.71. The van der Waals surface area contributed by atoms with Gasteiger partial charge in [-0.15, -0.1) is 10.2 Å². The summed E-state index contributed by atoms with van der Waals surface area (Å²) in [5.74, 6) is 2.15. The number of thioether (sulfide) groups is 2. The molecule has 0 aliphatic rings. The van der Waals surface area contributed by atoms with E-state index in [0.29, 0.717) is 11.1 Å². The van der Waals surface area contributed by atoms with Crippen molar-refractivity contribution in [2.24, 2.45) is 0 Å². The van der Waals surface area contributed by atoms with E-state index in [-0.39, 0.29) is 0 Å². The molecule has 3 aromatic heterocycles. The number of hydrogen-bond donors (Lipinski definition) is 0. The van der Waals surface area contributed by atoms with Gasteiger partial charge in [0.15, 0.2) is 0 Å². The minimum atomic E-state index is 0.600. The van der Waals surface area contributed by atoms with E-state index in [9.17, 15) is 0 Å². The van der Waals surface area contributed by atoms with Gasteiger partial charge >= 0.3 is 0 Å². The predicted octanol–water partition coefficient (Wildman–Crippen LogP) is 3.18. The fourth-order valence-electron chi connectivity index (χ4n) is 1.88. The molecule has 0 amide bonds. The van der Waals surface area contributed by atoms with E-state index in [1.165, 1.54) is 17.5 Å². The third-order valence-electron chi connectivity index (χ3n) is 2.81. The van der Waals surface area contributed by atoms with E-state index in [0.717, 1.165) is 22.8 Å². The SMILES string of the molecule is CSCc1nnc(SCc2cn3c(C)cccc3n2)o1. The average molecular weight is 306 g/mol. The van der Waals surface area contributed by atoms with Gasteiger partial charge in [-0.25, -0.2) is 4.98 Å². The van der Waals surface area contributed by atoms with Crippen LogP contribution in [0.25, 0.3) is 5.65 Å². The van der Waals surface area contributed by atoms with E-state index in [2.05, 4.69) is 38.8 Å². The molecule has 5 nitrogen and oxygen atoms in total. The smallest absolute Gasteiger partial charge is 0.276 e. The van der Waals surface area contributed by atoms with Crippen molar-refractivity contribution in [2.45, 2.75) is 23.7 Å². The maximum Gasteiger partial charge on any atom is 0.276 e. The molecule has 0 aliphatic heterocycles. The number of imidazole rings is 1. The van der Waals surface area contributed by atoms with Crippen molar-refractivity contribution in [1.29, 1.82) is 0 Å². The summed E-state index contributed by atoms with van der Waals surface area (Å²) < 4.78 is 7.62. The first-order valence-corrected chi connectivity index (χ1v) is 8.52. The lowest BCUT2D eigenvalue weighted by Gasteiger charge is -1.95. The summed E-state index contributed by atoms with van der Waals surface area (Å²) in [5.41, 5.74) is 3.15. The number of rotatable bonds is 5. The molecule has 0 spiro atoms. The average Bonchev–Trinajstić information content (AvgIpc) is 3.04. The molecule has 0 unspecified atom stereocenters. The summed E-state index contributed by atoms with van der Waals surface area (Å²) in [7, 11) is 0. The first-order chi connectivity index (χ1) is 9.76. The molecule has 0 saturated heterocycles. The number of aryl methyl sites for hydroxylation is 1. The fourth-order valence-corrected chi connectivity index (χ4v) is 2.91. The van der Waals surface area contributed by atoms with Crippen LogP contribution in [0.3, 0.4) is 0 Å². The highest BCUT2D eigenvalue weighted by Gasteiger charge is 2.08. The van der Waals surface area contributed by atoms with Gasteiger partial charge in [0.05, 0.1) is 11.4 Å². The highest BCUT2D eigenvalue weighted by atomic mass is 32.2. The summed E-state index contributed by atoms with van der Waals surface area (Å²) in [5, 5.41) is 8.61. The Morgan fingerprint density at radius 3 is 2.95 bits per heavy atom. The van der Waals surface area contributed by atoms with Crippen LogP contribution in [-0.4, -0.2) is 25.8 Å². The summed E-state index contributed by atoms with van der Waals surface area (Å²) in [6, 6.07) is 6.09. The predicted molar refractivity (Wildman–Crippen MR) is 81.0 cm³/mol. The van der Waals surface area contributed by atoms with Crippen LogP contribution < -0.4 is 0 Å². The van der Waals surface area contributed by atoms with Crippen LogP contribution in [0.15, 0.2) is 34.0 Å². The Bertz CT molecular complexity index is 722. The van der Waals surface area contributed by atoms with Crippen molar-refractivity contribution in [2.75, 3.05) is 6.26 Å². The fraction of sp³-hybridized carbons (Fsp3) is 0.308. The van der Waals surface area contributed by atoms with Crippen LogP contribution in [0.5, 0.6) is 0 Å². The van der Waals surface area contributed by atoms with Gasteiger partial charge in [0, 0.05) is 17.6 Å². The van der Waals surface area contributed by atoms with E-state index in [1.807, 2.05) is 18.4 Å². The minimum Gasteiger partial charge on any atom is -0.415 e. The standard InChI is InChI=1S/C13H14N4OS2/c1-9-4-3-5-11-14-10(6-17(9)11)7-20-13-16-15-12(18-13)8-19-2/h3-6H,7-8H2,1-2H3. The zero-order valence-electron chi connectivity index (χ0n) is 11.2. The van der Waals surface area contributed by atoms with Crippen LogP contribution >= 0.6 is 23.5 Å². The quantitative estimate of drug-likeness (QED) is 0.675. The molecule has 0 radical (unpaired) electrons. The molecule has 0 atom stereocenters. The number of hydrogen-bond acceptors (Lipinski definition) is 6. The third kappa shape index (κ3) is 2.83. The lowest BCUT2D eigenvalue weighted by Crippen LogP contribution is -1.86. The molecule has 20 heavy (non-hydrogen) atoms. The Morgan fingerprint density at radius 1 is 1.25 bits per heavy atom. The minimum absolute atomic E-state index is 0.600. The Kier molecular flexibility index (Phi) is 3.98. The van der Waals surface area contributed by atoms with Crippen LogP contribution in [0.4, 0.5) is 0 Å². The maximum atomic E-state index is 5.53. The second kappa shape index (κ2) is 5.88. The lowest BCUT2D eigenvalue weighted by molar-refractivity contribution is 0.426. The molecule has 7 heteroatoms. The van der Waals surface area contributed by atoms with Gasteiger partial charge in [-0.3, -0.25) is 0 Å². The summed E-state index contributed by atoms with van der Waals surface area (Å²) in [4.78, 5) is 4.58. The van der Waals surface area contributed by atoms with Crippen LogP contribution in [0.2, 0.25) is 0 Å². The Labute approximate surface area is 125 Å². The zero-order chi connectivity index (χ0) is 13.9. The topological polar surface area (TPSA) is 56.2 Å². The van der Waals surface area contributed by atoms with Crippen molar-refractivity contribution in [3.63, 3.8) is 0 Å². The van der Waals surface area contributed by atoms with Gasteiger partial charge in [-0.05, 0) is 25.3 Å². The number of aromatic nitrogens is 4. The Hall–Kier alpha value is -1.47. The molecule has 0 aliphatic carbocycles. The summed E-state index contributed by atoms with van der Waals surface area (Å²) in [6.07, 6.45) is 4.06. The maximum absolute atomic E-state index is 5.53. The van der Waals surface area contributed by atoms with Crippen molar-refractivity contribution in [3.8, 4) is 0 Å². The molecule has 0 aromatic carbocycles. The second-order valence-electron chi connectivity index (χ2n) is 4.31. The van der Waals surface area contributed by atoms with Crippen LogP contribution in [0.1, 0.15) is 17.3 Å². The molecule has 0 saturated carbocycles. The van der Waals surface area contributed by atoms with E-state index in [4.69, 9.17) is 4.42 Å². The molecule has 3 heterocycles. The van der Waals surface area contributed by atoms with Gasteiger partial charge in [0.2, 0.25) is 5.89 Å². The molecule has 0 N–H and O–H groups in total. The van der Waals surface area contributed by atoms with Crippen molar-refractivity contribution >= 4 is 29.2 Å². The molecule has 3 rings (SSSR count). The molecule has 104 valence electrons. The molecule has 0 fully saturated rings. The highest BCUT2D eigenvalue weighted by molar-refractivity contribution is 7.98. The number of fused-ring (bicyclic) bond motifs is 1. The van der Waals surface area contributed by atoms with Crippen LogP contribution in [0, 0.1) is 6.92 Å². The van der Waals surface area contributed by atoms with E-state index in [1.54, 1.807) is 11.8 Å². The van der Waals surface area contributed by atoms with Crippen LogP contribution in [-0.2, 0) is 11.5 Å². The van der Waals surface area contributed by atoms with Crippen molar-refractivity contribution < 1.29 is 4.42 Å². The van der Waals surface area contributed by atoms with Gasteiger partial charge in [-0.2, -0.15) is 11.8 Å². The molecular formula is C13H14N4OS2. The van der Waals surface area contributed by atoms with E-state index >= 15 is 0 Å². The molecule has 3 aromatic rings. The number of pyridine rings is 1. The van der Waals surface area contributed by atoms with E-state index < -0.39 is 0 Å². The van der Waals surface area contributed by atoms with Crippen molar-refractivity contribution in [3.05, 3.63) is 41.7 Å². The first-order valence-electron chi connectivity index (χ1n) is 6.14. The third-order valence-corrected chi connectivity index (χ3v) is 4.19. The zero-order valence-corrected chi connectivity index (χ0v) is 12.9. The van der Waals surface area contributed by atoms with Gasteiger partial charge in [-0.1, -0.05) is 17.8 Å². The highest BCUT2D eigenvalue weighted by Crippen LogP contribution is 2.22. The molecule has 0 bridgehead atoms. The molecular weight excluding hydrogens is 292 g/mol. The van der Waals surface area contributed by atoms with Gasteiger partial charge < -0.3 is 8.82 Å². The summed E-state index contributed by atoms with van der Waals surface area (Å²) in [6.45, 7) is 2.07. The van der Waals surface area contributed by atoms with Crippen molar-refractivity contribution in [1.82, 2.24) is 19.6 Å². The van der Waals surface area contributed by atoms with Gasteiger partial charge in [0.1, 0.15) is 5.65 Å². The summed E-state index contributed by atoms with van der Waals surface area (Å²) >= 11 is 3.18. The van der Waals surface area contributed by atoms with Gasteiger partial charge in [0.25, 0.3) is 5.22 Å². The first kappa shape index (κ1) is 13.5. The second-order valence-corrected chi connectivity index (χ2v) is 6.10. The monoisotopic (exact) mass is 306 g/mol. The normalized spacial score (nSPS) is 11.3. The lowest BCUT2D eigenvalue weighted by atomic mass is 10.4. The largest absolute Gasteiger partial charge is 0.415 e. The number of nitrogens with zero attached hydrogens (tertiary/aromatic N) is 4.